The Labute approximate surface area is 84.3 Å². The lowest BCUT2D eigenvalue weighted by Crippen LogP contribution is -2.29. The summed E-state index contributed by atoms with van der Waals surface area (Å²) < 4.78 is 6.04. The molecular formula is C11H24OSi. The van der Waals surface area contributed by atoms with Crippen molar-refractivity contribution in [2.24, 2.45) is 5.41 Å². The second-order valence-electron chi connectivity index (χ2n) is 5.44. The quantitative estimate of drug-likeness (QED) is 0.490. The fourth-order valence-corrected chi connectivity index (χ4v) is 2.07. The molecule has 0 aromatic carbocycles. The van der Waals surface area contributed by atoms with Crippen molar-refractivity contribution in [3.05, 3.63) is 11.8 Å². The van der Waals surface area contributed by atoms with Crippen molar-refractivity contribution in [1.82, 2.24) is 0 Å². The summed E-state index contributed by atoms with van der Waals surface area (Å²) in [6.45, 7) is 15.4. The van der Waals surface area contributed by atoms with E-state index in [-0.39, 0.29) is 5.41 Å². The maximum Gasteiger partial charge on any atom is 0.241 e. The van der Waals surface area contributed by atoms with E-state index in [1.54, 1.807) is 0 Å². The molecule has 0 aromatic heterocycles. The molecule has 0 aromatic rings. The average Bonchev–Trinajstić information content (AvgIpc) is 1.81. The first-order valence-electron chi connectivity index (χ1n) is 5.06. The molecule has 1 nitrogen and oxygen atoms in total. The van der Waals surface area contributed by atoms with Crippen LogP contribution in [0.25, 0.3) is 0 Å². The van der Waals surface area contributed by atoms with Gasteiger partial charge in [0, 0.05) is 5.41 Å². The number of allylic oxidation sites excluding steroid dienone is 2. The molecule has 13 heavy (non-hydrogen) atoms. The monoisotopic (exact) mass is 200 g/mol. The second kappa shape index (κ2) is 4.31. The summed E-state index contributed by atoms with van der Waals surface area (Å²) >= 11 is 0. The van der Waals surface area contributed by atoms with E-state index in [4.69, 9.17) is 4.43 Å². The van der Waals surface area contributed by atoms with Gasteiger partial charge >= 0.3 is 0 Å². The standard InChI is InChI=1S/C11H24OSi/c1-8-9-10(11(2,3)4)12-13(5,6)7/h9H,8H2,1-7H3/b10-9+. The van der Waals surface area contributed by atoms with Crippen LogP contribution in [-0.2, 0) is 4.43 Å². The van der Waals surface area contributed by atoms with Gasteiger partial charge in [-0.15, -0.1) is 0 Å². The van der Waals surface area contributed by atoms with Crippen molar-refractivity contribution in [1.29, 1.82) is 0 Å². The third-order valence-corrected chi connectivity index (χ3v) is 2.38. The van der Waals surface area contributed by atoms with Gasteiger partial charge in [-0.05, 0) is 32.1 Å². The molecule has 0 N–H and O–H groups in total. The van der Waals surface area contributed by atoms with Gasteiger partial charge in [0.1, 0.15) is 0 Å². The summed E-state index contributed by atoms with van der Waals surface area (Å²) in [4.78, 5) is 0. The minimum Gasteiger partial charge on any atom is -0.547 e. The zero-order chi connectivity index (χ0) is 10.7. The van der Waals surface area contributed by atoms with Crippen molar-refractivity contribution < 1.29 is 4.43 Å². The molecule has 78 valence electrons. The Hall–Kier alpha value is -0.243. The molecule has 0 unspecified atom stereocenters. The smallest absolute Gasteiger partial charge is 0.241 e. The van der Waals surface area contributed by atoms with Crippen LogP contribution in [0.1, 0.15) is 34.1 Å². The molecule has 0 bridgehead atoms. The van der Waals surface area contributed by atoms with Crippen LogP contribution in [0.2, 0.25) is 19.6 Å². The van der Waals surface area contributed by atoms with Crippen LogP contribution >= 0.6 is 0 Å². The second-order valence-corrected chi connectivity index (χ2v) is 9.87. The van der Waals surface area contributed by atoms with Crippen LogP contribution in [-0.4, -0.2) is 8.32 Å². The Morgan fingerprint density at radius 2 is 1.69 bits per heavy atom. The highest BCUT2D eigenvalue weighted by Gasteiger charge is 2.24. The van der Waals surface area contributed by atoms with Crippen LogP contribution in [0, 0.1) is 5.41 Å². The molecule has 0 rings (SSSR count). The molecule has 0 saturated carbocycles. The number of rotatable bonds is 3. The lowest BCUT2D eigenvalue weighted by Gasteiger charge is -2.30. The van der Waals surface area contributed by atoms with Crippen LogP contribution in [0.3, 0.4) is 0 Å². The van der Waals surface area contributed by atoms with E-state index in [9.17, 15) is 0 Å². The summed E-state index contributed by atoms with van der Waals surface area (Å²) in [6.07, 6.45) is 3.26. The molecule has 0 heterocycles. The first-order valence-corrected chi connectivity index (χ1v) is 8.47. The summed E-state index contributed by atoms with van der Waals surface area (Å²) in [5.41, 5.74) is 0.149. The maximum atomic E-state index is 6.04. The van der Waals surface area contributed by atoms with E-state index in [1.165, 1.54) is 0 Å². The SMILES string of the molecule is CC/C=C(/O[Si](C)(C)C)C(C)(C)C. The largest absolute Gasteiger partial charge is 0.547 e. The minimum atomic E-state index is -1.44. The van der Waals surface area contributed by atoms with E-state index in [1.807, 2.05) is 0 Å². The Balaban J connectivity index is 4.57. The van der Waals surface area contributed by atoms with Crippen molar-refractivity contribution in [2.45, 2.75) is 53.8 Å². The Kier molecular flexibility index (Phi) is 4.23. The van der Waals surface area contributed by atoms with E-state index in [0.717, 1.165) is 12.2 Å². The van der Waals surface area contributed by atoms with Crippen molar-refractivity contribution >= 4 is 8.32 Å². The molecule has 0 atom stereocenters. The molecule has 2 heteroatoms. The highest BCUT2D eigenvalue weighted by atomic mass is 28.4. The van der Waals surface area contributed by atoms with E-state index >= 15 is 0 Å². The summed E-state index contributed by atoms with van der Waals surface area (Å²) in [7, 11) is -1.44. The zero-order valence-corrected chi connectivity index (χ0v) is 11.2. The van der Waals surface area contributed by atoms with Crippen LogP contribution in [0.5, 0.6) is 0 Å². The van der Waals surface area contributed by atoms with Crippen molar-refractivity contribution in [3.63, 3.8) is 0 Å². The Morgan fingerprint density at radius 1 is 1.23 bits per heavy atom. The highest BCUT2D eigenvalue weighted by Crippen LogP contribution is 2.29. The minimum absolute atomic E-state index is 0.149. The molecule has 0 radical (unpaired) electrons. The predicted molar refractivity (Wildman–Crippen MR) is 62.3 cm³/mol. The lowest BCUT2D eigenvalue weighted by molar-refractivity contribution is 0.287. The third kappa shape index (κ3) is 5.91. The summed E-state index contributed by atoms with van der Waals surface area (Å²) in [5, 5.41) is 0. The lowest BCUT2D eigenvalue weighted by atomic mass is 9.93. The number of hydrogen-bond acceptors (Lipinski definition) is 1. The van der Waals surface area contributed by atoms with E-state index < -0.39 is 8.32 Å². The first kappa shape index (κ1) is 12.8. The van der Waals surface area contributed by atoms with Crippen LogP contribution in [0.15, 0.2) is 11.8 Å². The molecule has 0 aliphatic heterocycles. The van der Waals surface area contributed by atoms with Gasteiger partial charge in [0.15, 0.2) is 0 Å². The first-order chi connectivity index (χ1) is 5.67. The molecule has 0 saturated heterocycles. The molecule has 0 aliphatic carbocycles. The fourth-order valence-electron chi connectivity index (χ4n) is 1.02. The molecular weight excluding hydrogens is 176 g/mol. The summed E-state index contributed by atoms with van der Waals surface area (Å²) in [5.74, 6) is 1.16. The van der Waals surface area contributed by atoms with Gasteiger partial charge in [-0.2, -0.15) is 0 Å². The topological polar surface area (TPSA) is 9.23 Å². The van der Waals surface area contributed by atoms with Crippen molar-refractivity contribution in [2.75, 3.05) is 0 Å². The molecule has 0 fully saturated rings. The van der Waals surface area contributed by atoms with Gasteiger partial charge in [0.05, 0.1) is 5.76 Å². The number of hydrogen-bond donors (Lipinski definition) is 0. The summed E-state index contributed by atoms with van der Waals surface area (Å²) in [6, 6.07) is 0. The fraction of sp³-hybridized carbons (Fsp3) is 0.818. The van der Waals surface area contributed by atoms with Gasteiger partial charge in [-0.3, -0.25) is 0 Å². The normalized spacial score (nSPS) is 14.5. The predicted octanol–water partition coefficient (Wildman–Crippen LogP) is 4.18. The van der Waals surface area contributed by atoms with Gasteiger partial charge < -0.3 is 4.43 Å². The van der Waals surface area contributed by atoms with Crippen LogP contribution in [0.4, 0.5) is 0 Å². The maximum absolute atomic E-state index is 6.04. The van der Waals surface area contributed by atoms with Crippen molar-refractivity contribution in [3.8, 4) is 0 Å². The van der Waals surface area contributed by atoms with Gasteiger partial charge in [-0.25, -0.2) is 0 Å². The average molecular weight is 200 g/mol. The molecule has 0 amide bonds. The molecule has 0 spiro atoms. The Bertz CT molecular complexity index is 181. The van der Waals surface area contributed by atoms with E-state index in [2.05, 4.69) is 53.4 Å². The van der Waals surface area contributed by atoms with Gasteiger partial charge in [-0.1, -0.05) is 27.7 Å². The zero-order valence-electron chi connectivity index (χ0n) is 10.2. The Morgan fingerprint density at radius 3 is 1.92 bits per heavy atom. The van der Waals surface area contributed by atoms with Gasteiger partial charge in [0.2, 0.25) is 8.32 Å². The van der Waals surface area contributed by atoms with E-state index in [0.29, 0.717) is 0 Å². The molecule has 0 aliphatic rings. The van der Waals surface area contributed by atoms with Crippen LogP contribution < -0.4 is 0 Å². The van der Waals surface area contributed by atoms with Gasteiger partial charge in [0.25, 0.3) is 0 Å². The third-order valence-electron chi connectivity index (χ3n) is 1.54. The highest BCUT2D eigenvalue weighted by molar-refractivity contribution is 6.70.